The molecule has 0 aromatic carbocycles. The van der Waals surface area contributed by atoms with Gasteiger partial charge in [-0.1, -0.05) is 0 Å². The number of ether oxygens (including phenoxy) is 2. The van der Waals surface area contributed by atoms with Gasteiger partial charge >= 0.3 is 5.97 Å². The number of carbonyl (C=O) groups excluding carboxylic acids is 1. The fourth-order valence-corrected chi connectivity index (χ4v) is 2.26. The molecule has 2 unspecified atom stereocenters. The first-order chi connectivity index (χ1) is 8.24. The van der Waals surface area contributed by atoms with Gasteiger partial charge in [-0.3, -0.25) is 4.79 Å². The van der Waals surface area contributed by atoms with Crippen LogP contribution >= 0.6 is 0 Å². The molecule has 2 fully saturated rings. The lowest BCUT2D eigenvalue weighted by Gasteiger charge is -2.40. The van der Waals surface area contributed by atoms with Gasteiger partial charge in [-0.25, -0.2) is 9.78 Å². The van der Waals surface area contributed by atoms with E-state index in [0.29, 0.717) is 6.61 Å². The van der Waals surface area contributed by atoms with Gasteiger partial charge in [0.2, 0.25) is 5.79 Å². The Morgan fingerprint density at radius 2 is 2.29 bits per heavy atom. The SMILES string of the molecule is CCOC(=O)CC1CCC2(CCCCO2)OO1. The second kappa shape index (κ2) is 5.80. The highest BCUT2D eigenvalue weighted by molar-refractivity contribution is 5.69. The zero-order valence-electron chi connectivity index (χ0n) is 10.3. The van der Waals surface area contributed by atoms with Crippen molar-refractivity contribution in [2.75, 3.05) is 13.2 Å². The van der Waals surface area contributed by atoms with E-state index in [1.54, 1.807) is 6.92 Å². The van der Waals surface area contributed by atoms with Gasteiger partial charge in [-0.15, -0.1) is 0 Å². The van der Waals surface area contributed by atoms with E-state index in [1.807, 2.05) is 0 Å². The third-order valence-corrected chi connectivity index (χ3v) is 3.20. The first-order valence-corrected chi connectivity index (χ1v) is 6.38. The van der Waals surface area contributed by atoms with Gasteiger partial charge in [0.15, 0.2) is 0 Å². The standard InChI is InChI=1S/C12H20O5/c1-2-14-11(13)9-10-5-7-12(17-16-10)6-3-4-8-15-12/h10H,2-9H2,1H3. The lowest BCUT2D eigenvalue weighted by Crippen LogP contribution is -2.45. The second-order valence-electron chi connectivity index (χ2n) is 4.57. The molecule has 2 aliphatic heterocycles. The van der Waals surface area contributed by atoms with Crippen LogP contribution in [-0.2, 0) is 24.0 Å². The molecule has 0 aliphatic carbocycles. The van der Waals surface area contributed by atoms with Gasteiger partial charge in [0, 0.05) is 12.8 Å². The van der Waals surface area contributed by atoms with Crippen LogP contribution in [0.5, 0.6) is 0 Å². The van der Waals surface area contributed by atoms with Gasteiger partial charge in [-0.05, 0) is 26.2 Å². The van der Waals surface area contributed by atoms with Crippen molar-refractivity contribution in [1.29, 1.82) is 0 Å². The topological polar surface area (TPSA) is 54.0 Å². The summed E-state index contributed by atoms with van der Waals surface area (Å²) in [5.74, 6) is -0.787. The fourth-order valence-electron chi connectivity index (χ4n) is 2.26. The van der Waals surface area contributed by atoms with Gasteiger partial charge in [0.25, 0.3) is 0 Å². The van der Waals surface area contributed by atoms with Crippen LogP contribution < -0.4 is 0 Å². The minimum atomic E-state index is -0.552. The van der Waals surface area contributed by atoms with Crippen molar-refractivity contribution in [3.63, 3.8) is 0 Å². The molecule has 2 saturated heterocycles. The predicted octanol–water partition coefficient (Wildman–Crippen LogP) is 1.95. The van der Waals surface area contributed by atoms with Crippen molar-refractivity contribution in [2.24, 2.45) is 0 Å². The van der Waals surface area contributed by atoms with Crippen molar-refractivity contribution < 1.29 is 24.0 Å². The molecule has 0 N–H and O–H groups in total. The molecule has 1 spiro atoms. The summed E-state index contributed by atoms with van der Waals surface area (Å²) in [6.07, 6.45) is 4.67. The van der Waals surface area contributed by atoms with Gasteiger partial charge < -0.3 is 9.47 Å². The maximum absolute atomic E-state index is 11.3. The Labute approximate surface area is 101 Å². The Morgan fingerprint density at radius 1 is 1.41 bits per heavy atom. The summed E-state index contributed by atoms with van der Waals surface area (Å²) in [7, 11) is 0. The molecule has 0 bridgehead atoms. The molecule has 5 nitrogen and oxygen atoms in total. The van der Waals surface area contributed by atoms with E-state index in [0.717, 1.165) is 38.7 Å². The molecule has 2 rings (SSSR count). The monoisotopic (exact) mass is 244 g/mol. The summed E-state index contributed by atoms with van der Waals surface area (Å²) >= 11 is 0. The molecule has 17 heavy (non-hydrogen) atoms. The Kier molecular flexibility index (Phi) is 4.36. The predicted molar refractivity (Wildman–Crippen MR) is 59.0 cm³/mol. The average Bonchev–Trinajstić information content (AvgIpc) is 2.34. The fraction of sp³-hybridized carbons (Fsp3) is 0.917. The van der Waals surface area contributed by atoms with E-state index in [2.05, 4.69) is 0 Å². The Balaban J connectivity index is 1.75. The van der Waals surface area contributed by atoms with Crippen LogP contribution in [0.1, 0.15) is 45.4 Å². The smallest absolute Gasteiger partial charge is 0.308 e. The van der Waals surface area contributed by atoms with Crippen LogP contribution in [0.3, 0.4) is 0 Å². The molecule has 5 heteroatoms. The highest BCUT2D eigenvalue weighted by Gasteiger charge is 2.41. The zero-order chi connectivity index (χ0) is 12.1. The minimum absolute atomic E-state index is 0.204. The second-order valence-corrected chi connectivity index (χ2v) is 4.57. The first kappa shape index (κ1) is 12.8. The van der Waals surface area contributed by atoms with Crippen LogP contribution in [0.4, 0.5) is 0 Å². The third-order valence-electron chi connectivity index (χ3n) is 3.20. The van der Waals surface area contributed by atoms with Crippen LogP contribution in [0.2, 0.25) is 0 Å². The number of hydrogen-bond acceptors (Lipinski definition) is 5. The highest BCUT2D eigenvalue weighted by atomic mass is 17.2. The number of hydrogen-bond donors (Lipinski definition) is 0. The number of rotatable bonds is 3. The molecule has 0 saturated carbocycles. The summed E-state index contributed by atoms with van der Waals surface area (Å²) in [5, 5.41) is 0. The Bertz CT molecular complexity index is 250. The molecular formula is C12H20O5. The van der Waals surface area contributed by atoms with E-state index in [4.69, 9.17) is 19.2 Å². The third kappa shape index (κ3) is 3.40. The zero-order valence-corrected chi connectivity index (χ0v) is 10.3. The van der Waals surface area contributed by atoms with E-state index >= 15 is 0 Å². The summed E-state index contributed by atoms with van der Waals surface area (Å²) in [5.41, 5.74) is 0. The molecule has 2 aliphatic rings. The molecule has 2 atom stereocenters. The van der Waals surface area contributed by atoms with Crippen molar-refractivity contribution in [3.8, 4) is 0 Å². The molecule has 0 radical (unpaired) electrons. The number of esters is 1. The van der Waals surface area contributed by atoms with Crippen LogP contribution in [-0.4, -0.2) is 31.1 Å². The number of carbonyl (C=O) groups is 1. The lowest BCUT2D eigenvalue weighted by molar-refractivity contribution is -0.474. The van der Waals surface area contributed by atoms with E-state index in [-0.39, 0.29) is 18.5 Å². The first-order valence-electron chi connectivity index (χ1n) is 6.38. The molecule has 0 aromatic heterocycles. The Hall–Kier alpha value is -0.650. The van der Waals surface area contributed by atoms with Crippen molar-refractivity contribution in [3.05, 3.63) is 0 Å². The van der Waals surface area contributed by atoms with Gasteiger partial charge in [0.1, 0.15) is 6.10 Å². The van der Waals surface area contributed by atoms with Crippen LogP contribution in [0.15, 0.2) is 0 Å². The quantitative estimate of drug-likeness (QED) is 0.561. The summed E-state index contributed by atoms with van der Waals surface area (Å²) in [6, 6.07) is 0. The summed E-state index contributed by atoms with van der Waals surface area (Å²) < 4.78 is 10.5. The highest BCUT2D eigenvalue weighted by Crippen LogP contribution is 2.36. The summed E-state index contributed by atoms with van der Waals surface area (Å²) in [4.78, 5) is 21.9. The van der Waals surface area contributed by atoms with Crippen LogP contribution in [0.25, 0.3) is 0 Å². The molecule has 98 valence electrons. The lowest BCUT2D eigenvalue weighted by atomic mass is 9.97. The molecule has 0 aromatic rings. The Morgan fingerprint density at radius 3 is 2.88 bits per heavy atom. The molecule has 0 amide bonds. The van der Waals surface area contributed by atoms with Crippen LogP contribution in [0, 0.1) is 0 Å². The van der Waals surface area contributed by atoms with E-state index in [1.165, 1.54) is 0 Å². The van der Waals surface area contributed by atoms with Crippen molar-refractivity contribution in [2.45, 2.75) is 57.3 Å². The van der Waals surface area contributed by atoms with E-state index < -0.39 is 5.79 Å². The van der Waals surface area contributed by atoms with Gasteiger partial charge in [0.05, 0.1) is 19.6 Å². The van der Waals surface area contributed by atoms with E-state index in [9.17, 15) is 4.79 Å². The maximum Gasteiger partial charge on any atom is 0.308 e. The van der Waals surface area contributed by atoms with Gasteiger partial charge in [-0.2, -0.15) is 0 Å². The normalized spacial score (nSPS) is 33.6. The average molecular weight is 244 g/mol. The largest absolute Gasteiger partial charge is 0.466 e. The molecule has 2 heterocycles. The maximum atomic E-state index is 11.3. The minimum Gasteiger partial charge on any atom is -0.466 e. The molecular weight excluding hydrogens is 224 g/mol. The summed E-state index contributed by atoms with van der Waals surface area (Å²) in [6.45, 7) is 2.92. The van der Waals surface area contributed by atoms with Crippen molar-refractivity contribution >= 4 is 5.97 Å². The van der Waals surface area contributed by atoms with Crippen molar-refractivity contribution in [1.82, 2.24) is 0 Å².